The number of aromatic nitrogens is 1. The first-order valence-corrected chi connectivity index (χ1v) is 9.11. The minimum Gasteiger partial charge on any atom is -0.350 e. The van der Waals surface area contributed by atoms with Crippen molar-refractivity contribution in [2.75, 3.05) is 17.2 Å². The highest BCUT2D eigenvalue weighted by atomic mass is 16.2. The fraction of sp³-hybridized carbons (Fsp3) is 0.400. The maximum atomic E-state index is 12.8. The molecule has 2 heterocycles. The molecule has 6 nitrogen and oxygen atoms in total. The van der Waals surface area contributed by atoms with E-state index in [1.54, 1.807) is 12.1 Å². The Balaban J connectivity index is 1.65. The lowest BCUT2D eigenvalue weighted by molar-refractivity contribution is -0.932. The summed E-state index contributed by atoms with van der Waals surface area (Å²) in [7, 11) is 2.06. The fourth-order valence-electron chi connectivity index (χ4n) is 3.82. The lowest BCUT2D eigenvalue weighted by atomic mass is 10.1. The molecular weight excluding hydrogens is 328 g/mol. The molecule has 6 heteroatoms. The quantitative estimate of drug-likeness (QED) is 0.765. The zero-order valence-corrected chi connectivity index (χ0v) is 15.6. The molecule has 1 aromatic carbocycles. The largest absolute Gasteiger partial charge is 0.350 e. The highest BCUT2D eigenvalue weighted by Gasteiger charge is 2.38. The molecule has 138 valence electrons. The number of aryl methyl sites for hydroxylation is 1. The second-order valence-electron chi connectivity index (χ2n) is 7.03. The summed E-state index contributed by atoms with van der Waals surface area (Å²) in [5.41, 5.74) is 2.75. The Morgan fingerprint density at radius 1 is 1.15 bits per heavy atom. The molecule has 0 spiro atoms. The van der Waals surface area contributed by atoms with Crippen molar-refractivity contribution in [1.82, 2.24) is 4.57 Å². The van der Waals surface area contributed by atoms with Crippen molar-refractivity contribution in [3.8, 4) is 0 Å². The molecule has 0 radical (unpaired) electrons. The number of quaternary nitrogens is 1. The van der Waals surface area contributed by atoms with Gasteiger partial charge in [0.05, 0.1) is 12.2 Å². The van der Waals surface area contributed by atoms with Crippen LogP contribution in [0.5, 0.6) is 0 Å². The van der Waals surface area contributed by atoms with Gasteiger partial charge in [0, 0.05) is 44.4 Å². The second-order valence-corrected chi connectivity index (χ2v) is 7.03. The van der Waals surface area contributed by atoms with Crippen LogP contribution in [0.25, 0.3) is 0 Å². The monoisotopic (exact) mass is 355 g/mol. The molecule has 3 rings (SSSR count). The molecule has 0 aliphatic carbocycles. The number of hydrogen-bond acceptors (Lipinski definition) is 2. The number of likely N-dealkylation sites (tertiary alicyclic amines) is 1. The number of hydrogen-bond donors (Lipinski definition) is 3. The smallest absolute Gasteiger partial charge is 0.282 e. The van der Waals surface area contributed by atoms with Crippen LogP contribution < -0.4 is 15.5 Å². The zero-order valence-electron chi connectivity index (χ0n) is 15.6. The van der Waals surface area contributed by atoms with E-state index in [1.165, 1.54) is 17.5 Å². The summed E-state index contributed by atoms with van der Waals surface area (Å²) in [6.45, 7) is 4.48. The van der Waals surface area contributed by atoms with Crippen molar-refractivity contribution in [1.29, 1.82) is 0 Å². The summed E-state index contributed by atoms with van der Waals surface area (Å²) in [6, 6.07) is 11.6. The molecular formula is C20H27N4O2+. The highest BCUT2D eigenvalue weighted by Crippen LogP contribution is 2.20. The normalized spacial score (nSPS) is 20.6. The van der Waals surface area contributed by atoms with Crippen LogP contribution in [0.4, 0.5) is 11.4 Å². The number of nitrogens with one attached hydrogen (secondary N) is 3. The van der Waals surface area contributed by atoms with Crippen LogP contribution in [0.2, 0.25) is 0 Å². The SMILES string of the molecule is CC(=O)Nc1ccc(NC(=O)[C@@H](C)[NH+]2CCC[C@@H]2c2cccn2C)cc1. The van der Waals surface area contributed by atoms with Crippen LogP contribution in [0, 0.1) is 0 Å². The van der Waals surface area contributed by atoms with E-state index in [-0.39, 0.29) is 17.9 Å². The molecule has 26 heavy (non-hydrogen) atoms. The third kappa shape index (κ3) is 3.96. The highest BCUT2D eigenvalue weighted by molar-refractivity contribution is 5.94. The van der Waals surface area contributed by atoms with Gasteiger partial charge in [0.2, 0.25) is 5.91 Å². The lowest BCUT2D eigenvalue weighted by Gasteiger charge is -2.27. The van der Waals surface area contributed by atoms with Gasteiger partial charge >= 0.3 is 0 Å². The summed E-state index contributed by atoms with van der Waals surface area (Å²) in [5.74, 6) is -0.0897. The van der Waals surface area contributed by atoms with Crippen molar-refractivity contribution < 1.29 is 14.5 Å². The molecule has 1 saturated heterocycles. The van der Waals surface area contributed by atoms with Gasteiger partial charge in [-0.15, -0.1) is 0 Å². The minimum atomic E-state index is -0.132. The molecule has 0 bridgehead atoms. The van der Waals surface area contributed by atoms with Crippen molar-refractivity contribution in [2.24, 2.45) is 7.05 Å². The van der Waals surface area contributed by atoms with Crippen LogP contribution in [0.15, 0.2) is 42.6 Å². The molecule has 1 aliphatic rings. The predicted molar refractivity (Wildman–Crippen MR) is 102 cm³/mol. The molecule has 3 N–H and O–H groups in total. The topological polar surface area (TPSA) is 67.6 Å². The number of nitrogens with zero attached hydrogens (tertiary/aromatic N) is 1. The van der Waals surface area contributed by atoms with Crippen molar-refractivity contribution >= 4 is 23.2 Å². The van der Waals surface area contributed by atoms with Crippen molar-refractivity contribution in [2.45, 2.75) is 38.8 Å². The van der Waals surface area contributed by atoms with Gasteiger partial charge in [-0.25, -0.2) is 0 Å². The fourth-order valence-corrected chi connectivity index (χ4v) is 3.82. The van der Waals surface area contributed by atoms with Gasteiger partial charge in [-0.3, -0.25) is 9.59 Å². The van der Waals surface area contributed by atoms with Gasteiger partial charge in [-0.05, 0) is 43.3 Å². The van der Waals surface area contributed by atoms with Gasteiger partial charge in [0.1, 0.15) is 6.04 Å². The third-order valence-corrected chi connectivity index (χ3v) is 5.17. The van der Waals surface area contributed by atoms with Gasteiger partial charge in [0.15, 0.2) is 6.04 Å². The maximum absolute atomic E-state index is 12.8. The Kier molecular flexibility index (Phi) is 5.42. The Labute approximate surface area is 154 Å². The summed E-state index contributed by atoms with van der Waals surface area (Å²) in [4.78, 5) is 25.2. The third-order valence-electron chi connectivity index (χ3n) is 5.17. The van der Waals surface area contributed by atoms with E-state index >= 15 is 0 Å². The molecule has 3 atom stereocenters. The van der Waals surface area contributed by atoms with E-state index in [4.69, 9.17) is 0 Å². The van der Waals surface area contributed by atoms with E-state index < -0.39 is 0 Å². The lowest BCUT2D eigenvalue weighted by Crippen LogP contribution is -3.15. The van der Waals surface area contributed by atoms with Crippen molar-refractivity contribution in [3.05, 3.63) is 48.3 Å². The summed E-state index contributed by atoms with van der Waals surface area (Å²) < 4.78 is 2.15. The Hall–Kier alpha value is -2.60. The number of carbonyl (C=O) groups is 2. The number of carbonyl (C=O) groups excluding carboxylic acids is 2. The summed E-state index contributed by atoms with van der Waals surface area (Å²) >= 11 is 0. The first kappa shape index (κ1) is 18.2. The van der Waals surface area contributed by atoms with Crippen LogP contribution in [-0.4, -0.2) is 29.0 Å². The molecule has 2 amide bonds. The molecule has 1 unspecified atom stereocenters. The molecule has 1 aromatic heterocycles. The Morgan fingerprint density at radius 3 is 2.38 bits per heavy atom. The Bertz CT molecular complexity index is 781. The molecule has 1 aliphatic heterocycles. The number of anilines is 2. The second kappa shape index (κ2) is 7.74. The van der Waals surface area contributed by atoms with Crippen LogP contribution >= 0.6 is 0 Å². The molecule has 2 aromatic rings. The first-order valence-electron chi connectivity index (χ1n) is 9.11. The molecule has 0 saturated carbocycles. The van der Waals surface area contributed by atoms with Gasteiger partial charge in [0.25, 0.3) is 5.91 Å². The van der Waals surface area contributed by atoms with Crippen LogP contribution in [0.1, 0.15) is 38.4 Å². The van der Waals surface area contributed by atoms with Crippen molar-refractivity contribution in [3.63, 3.8) is 0 Å². The predicted octanol–water partition coefficient (Wildman–Crippen LogP) is 1.73. The van der Waals surface area contributed by atoms with E-state index in [0.29, 0.717) is 6.04 Å². The van der Waals surface area contributed by atoms with Crippen LogP contribution in [0.3, 0.4) is 0 Å². The van der Waals surface area contributed by atoms with E-state index in [1.807, 2.05) is 19.1 Å². The van der Waals surface area contributed by atoms with Gasteiger partial charge in [-0.2, -0.15) is 0 Å². The zero-order chi connectivity index (χ0) is 18.7. The number of amides is 2. The minimum absolute atomic E-state index is 0.0217. The summed E-state index contributed by atoms with van der Waals surface area (Å²) in [5, 5.41) is 5.72. The van der Waals surface area contributed by atoms with Crippen LogP contribution in [-0.2, 0) is 16.6 Å². The number of benzene rings is 1. The van der Waals surface area contributed by atoms with E-state index in [9.17, 15) is 9.59 Å². The number of rotatable bonds is 5. The van der Waals surface area contributed by atoms with Gasteiger partial charge < -0.3 is 20.1 Å². The average Bonchev–Trinajstić information content (AvgIpc) is 3.23. The van der Waals surface area contributed by atoms with E-state index in [2.05, 4.69) is 40.6 Å². The summed E-state index contributed by atoms with van der Waals surface area (Å²) in [6.07, 6.45) is 4.30. The first-order chi connectivity index (χ1) is 12.5. The van der Waals surface area contributed by atoms with Gasteiger partial charge in [-0.1, -0.05) is 0 Å². The Morgan fingerprint density at radius 2 is 1.81 bits per heavy atom. The van der Waals surface area contributed by atoms with E-state index in [0.717, 1.165) is 30.8 Å². The maximum Gasteiger partial charge on any atom is 0.282 e. The standard InChI is InChI=1S/C20H26N4O2/c1-14(24-13-5-7-19(24)18-6-4-12-23(18)3)20(26)22-17-10-8-16(9-11-17)21-15(2)25/h4,6,8-12,14,19H,5,7,13H2,1-3H3,(H,21,25)(H,22,26)/p+1/t14-,19-/m1/s1. The molecule has 1 fully saturated rings. The average molecular weight is 355 g/mol.